The summed E-state index contributed by atoms with van der Waals surface area (Å²) < 4.78 is 0. The Bertz CT molecular complexity index is 635. The normalized spacial score (nSPS) is 10.3. The first kappa shape index (κ1) is 15.2. The number of carboxylic acid groups (broad SMARTS) is 1. The number of aromatic nitrogens is 1. The lowest BCUT2D eigenvalue weighted by molar-refractivity contribution is 0.0696. The molecule has 6 heteroatoms. The Labute approximate surface area is 126 Å². The van der Waals surface area contributed by atoms with E-state index in [1.54, 1.807) is 11.3 Å². The van der Waals surface area contributed by atoms with Crippen molar-refractivity contribution < 1.29 is 14.7 Å². The minimum absolute atomic E-state index is 0.168. The first-order chi connectivity index (χ1) is 10.1. The summed E-state index contributed by atoms with van der Waals surface area (Å²) in [6.45, 7) is 2.59. The van der Waals surface area contributed by atoms with Crippen molar-refractivity contribution in [2.45, 2.75) is 19.8 Å². The van der Waals surface area contributed by atoms with Crippen LogP contribution in [0.25, 0.3) is 0 Å². The van der Waals surface area contributed by atoms with E-state index in [-0.39, 0.29) is 11.5 Å². The molecule has 0 bridgehead atoms. The van der Waals surface area contributed by atoms with Crippen LogP contribution in [0, 0.1) is 0 Å². The molecular formula is C15H16N2O3S. The van der Waals surface area contributed by atoms with Crippen LogP contribution in [-0.2, 0) is 12.8 Å². The molecule has 0 radical (unpaired) electrons. The van der Waals surface area contributed by atoms with Gasteiger partial charge in [0.25, 0.3) is 5.91 Å². The number of benzene rings is 1. The smallest absolute Gasteiger partial charge is 0.335 e. The number of hydrogen-bond acceptors (Lipinski definition) is 4. The summed E-state index contributed by atoms with van der Waals surface area (Å²) in [6, 6.07) is 5.87. The summed E-state index contributed by atoms with van der Waals surface area (Å²) in [6.07, 6.45) is 3.54. The van der Waals surface area contributed by atoms with Crippen molar-refractivity contribution >= 4 is 23.2 Å². The molecule has 1 aromatic heterocycles. The van der Waals surface area contributed by atoms with E-state index in [1.165, 1.54) is 29.1 Å². The minimum atomic E-state index is -1.00. The molecule has 2 N–H and O–H groups in total. The van der Waals surface area contributed by atoms with Crippen LogP contribution in [0.5, 0.6) is 0 Å². The lowest BCUT2D eigenvalue weighted by atomic mass is 10.1. The van der Waals surface area contributed by atoms with Crippen molar-refractivity contribution in [1.82, 2.24) is 10.3 Å². The minimum Gasteiger partial charge on any atom is -0.478 e. The maximum atomic E-state index is 11.9. The molecular weight excluding hydrogens is 288 g/mol. The van der Waals surface area contributed by atoms with Crippen LogP contribution in [0.2, 0.25) is 0 Å². The van der Waals surface area contributed by atoms with Crippen molar-refractivity contribution in [1.29, 1.82) is 0 Å². The number of rotatable bonds is 6. The van der Waals surface area contributed by atoms with Gasteiger partial charge in [0.1, 0.15) is 0 Å². The predicted molar refractivity (Wildman–Crippen MR) is 80.9 cm³/mol. The topological polar surface area (TPSA) is 79.3 Å². The SMILES string of the molecule is CCc1cnc(CCNC(=O)c2ccc(C(=O)O)cc2)s1. The Morgan fingerprint density at radius 1 is 1.24 bits per heavy atom. The summed E-state index contributed by atoms with van der Waals surface area (Å²) in [5.41, 5.74) is 0.620. The van der Waals surface area contributed by atoms with Crippen LogP contribution < -0.4 is 5.32 Å². The van der Waals surface area contributed by atoms with Crippen molar-refractivity contribution in [2.24, 2.45) is 0 Å². The third-order valence-electron chi connectivity index (χ3n) is 2.97. The lowest BCUT2D eigenvalue weighted by Gasteiger charge is -2.04. The van der Waals surface area contributed by atoms with Gasteiger partial charge in [-0.3, -0.25) is 4.79 Å². The van der Waals surface area contributed by atoms with Crippen molar-refractivity contribution in [2.75, 3.05) is 6.54 Å². The monoisotopic (exact) mass is 304 g/mol. The molecule has 0 aliphatic carbocycles. The van der Waals surface area contributed by atoms with E-state index in [2.05, 4.69) is 17.2 Å². The van der Waals surface area contributed by atoms with Gasteiger partial charge >= 0.3 is 5.97 Å². The molecule has 1 amide bonds. The molecule has 0 saturated carbocycles. The second kappa shape index (κ2) is 6.99. The number of hydrogen-bond donors (Lipinski definition) is 2. The van der Waals surface area contributed by atoms with Gasteiger partial charge in [0.2, 0.25) is 0 Å². The van der Waals surface area contributed by atoms with Crippen LogP contribution in [0.15, 0.2) is 30.5 Å². The number of carbonyl (C=O) groups is 2. The zero-order chi connectivity index (χ0) is 15.2. The molecule has 0 atom stereocenters. The van der Waals surface area contributed by atoms with E-state index in [9.17, 15) is 9.59 Å². The van der Waals surface area contributed by atoms with Crippen LogP contribution in [0.3, 0.4) is 0 Å². The maximum Gasteiger partial charge on any atom is 0.335 e. The first-order valence-electron chi connectivity index (χ1n) is 6.65. The van der Waals surface area contributed by atoms with Crippen molar-refractivity contribution in [3.8, 4) is 0 Å². The van der Waals surface area contributed by atoms with Gasteiger partial charge in [0.05, 0.1) is 10.6 Å². The van der Waals surface area contributed by atoms with Gasteiger partial charge in [-0.1, -0.05) is 6.92 Å². The van der Waals surface area contributed by atoms with E-state index >= 15 is 0 Å². The standard InChI is InChI=1S/C15H16N2O3S/c1-2-12-9-17-13(21-12)7-8-16-14(18)10-3-5-11(6-4-10)15(19)20/h3-6,9H,2,7-8H2,1H3,(H,16,18)(H,19,20). The molecule has 110 valence electrons. The molecule has 0 spiro atoms. The third-order valence-corrected chi connectivity index (χ3v) is 4.17. The quantitative estimate of drug-likeness (QED) is 0.858. The van der Waals surface area contributed by atoms with Gasteiger partial charge in [-0.25, -0.2) is 9.78 Å². The van der Waals surface area contributed by atoms with Gasteiger partial charge < -0.3 is 10.4 Å². The highest BCUT2D eigenvalue weighted by Gasteiger charge is 2.08. The molecule has 0 aliphatic heterocycles. The van der Waals surface area contributed by atoms with Crippen LogP contribution in [-0.4, -0.2) is 28.5 Å². The molecule has 0 aliphatic rings. The highest BCUT2D eigenvalue weighted by molar-refractivity contribution is 7.11. The number of amides is 1. The van der Waals surface area contributed by atoms with Crippen LogP contribution in [0.1, 0.15) is 37.5 Å². The fraction of sp³-hybridized carbons (Fsp3) is 0.267. The Balaban J connectivity index is 1.85. The second-order valence-electron chi connectivity index (χ2n) is 4.46. The highest BCUT2D eigenvalue weighted by Crippen LogP contribution is 2.13. The summed E-state index contributed by atoms with van der Waals surface area (Å²) >= 11 is 1.66. The van der Waals surface area contributed by atoms with E-state index in [4.69, 9.17) is 5.11 Å². The zero-order valence-corrected chi connectivity index (χ0v) is 12.4. The Kier molecular flexibility index (Phi) is 5.05. The molecule has 21 heavy (non-hydrogen) atoms. The average molecular weight is 304 g/mol. The van der Waals surface area contributed by atoms with Crippen LogP contribution >= 0.6 is 11.3 Å². The average Bonchev–Trinajstić information content (AvgIpc) is 2.95. The van der Waals surface area contributed by atoms with Gasteiger partial charge in [-0.2, -0.15) is 0 Å². The van der Waals surface area contributed by atoms with E-state index in [1.807, 2.05) is 6.20 Å². The Morgan fingerprint density at radius 3 is 2.48 bits per heavy atom. The van der Waals surface area contributed by atoms with Gasteiger partial charge in [-0.15, -0.1) is 11.3 Å². The number of aryl methyl sites for hydroxylation is 1. The predicted octanol–water partition coefficient (Wildman–Crippen LogP) is 2.38. The molecule has 2 aromatic rings. The van der Waals surface area contributed by atoms with Gasteiger partial charge in [0, 0.05) is 29.6 Å². The fourth-order valence-electron chi connectivity index (χ4n) is 1.78. The summed E-state index contributed by atoms with van der Waals surface area (Å²) in [5, 5.41) is 12.6. The number of carboxylic acids is 1. The van der Waals surface area contributed by atoms with Crippen molar-refractivity contribution in [3.63, 3.8) is 0 Å². The molecule has 5 nitrogen and oxygen atoms in total. The van der Waals surface area contributed by atoms with E-state index in [0.29, 0.717) is 18.5 Å². The third kappa shape index (κ3) is 4.13. The van der Waals surface area contributed by atoms with Crippen molar-refractivity contribution in [3.05, 3.63) is 51.5 Å². The second-order valence-corrected chi connectivity index (χ2v) is 5.66. The number of nitrogens with zero attached hydrogens (tertiary/aromatic N) is 1. The molecule has 0 unspecified atom stereocenters. The van der Waals surface area contributed by atoms with Gasteiger partial charge in [-0.05, 0) is 30.7 Å². The Morgan fingerprint density at radius 2 is 1.90 bits per heavy atom. The summed E-state index contributed by atoms with van der Waals surface area (Å²) in [7, 11) is 0. The number of carbonyl (C=O) groups excluding carboxylic acids is 1. The number of thiazole rings is 1. The first-order valence-corrected chi connectivity index (χ1v) is 7.47. The molecule has 1 aromatic carbocycles. The van der Waals surface area contributed by atoms with E-state index in [0.717, 1.165) is 11.4 Å². The molecule has 0 saturated heterocycles. The highest BCUT2D eigenvalue weighted by atomic mass is 32.1. The lowest BCUT2D eigenvalue weighted by Crippen LogP contribution is -2.25. The molecule has 0 fully saturated rings. The van der Waals surface area contributed by atoms with Gasteiger partial charge in [0.15, 0.2) is 0 Å². The molecule has 1 heterocycles. The van der Waals surface area contributed by atoms with E-state index < -0.39 is 5.97 Å². The zero-order valence-electron chi connectivity index (χ0n) is 11.6. The largest absolute Gasteiger partial charge is 0.478 e. The molecule has 2 rings (SSSR count). The van der Waals surface area contributed by atoms with Crippen LogP contribution in [0.4, 0.5) is 0 Å². The fourth-order valence-corrected chi connectivity index (χ4v) is 2.64. The number of nitrogens with one attached hydrogen (secondary N) is 1. The summed E-state index contributed by atoms with van der Waals surface area (Å²) in [5.74, 6) is -1.21. The number of aromatic carboxylic acids is 1. The maximum absolute atomic E-state index is 11.9. The Hall–Kier alpha value is -2.21. The summed E-state index contributed by atoms with van der Waals surface area (Å²) in [4.78, 5) is 28.2.